The van der Waals surface area contributed by atoms with Gasteiger partial charge in [-0.1, -0.05) is 0 Å². The lowest BCUT2D eigenvalue weighted by molar-refractivity contribution is -0.135. The van der Waals surface area contributed by atoms with Crippen molar-refractivity contribution >= 4 is 11.7 Å². The Morgan fingerprint density at radius 1 is 1.44 bits per heavy atom. The third-order valence-electron chi connectivity index (χ3n) is 2.32. The van der Waals surface area contributed by atoms with E-state index in [0.717, 1.165) is 0 Å². The van der Waals surface area contributed by atoms with Crippen LogP contribution in [0.4, 0.5) is 22.0 Å². The number of nitrogens with two attached hydrogens (primary N) is 1. The van der Waals surface area contributed by atoms with Crippen LogP contribution in [-0.4, -0.2) is 35.4 Å². The van der Waals surface area contributed by atoms with Gasteiger partial charge in [-0.15, -0.1) is 0 Å². The first-order chi connectivity index (χ1) is 8.05. The number of halogens is 5. The second-order valence-corrected chi connectivity index (χ2v) is 3.65. The van der Waals surface area contributed by atoms with Crippen molar-refractivity contribution < 1.29 is 31.9 Å². The molecule has 1 saturated carbocycles. The van der Waals surface area contributed by atoms with Gasteiger partial charge < -0.3 is 10.8 Å². The molecule has 0 unspecified atom stereocenters. The fourth-order valence-electron chi connectivity index (χ4n) is 1.53. The third-order valence-corrected chi connectivity index (χ3v) is 2.32. The fraction of sp³-hybridized carbons (Fsp3) is 0.556. The summed E-state index contributed by atoms with van der Waals surface area (Å²) in [5, 5.41) is 8.31. The number of aliphatic carboxylic acids is 1. The highest BCUT2D eigenvalue weighted by Crippen LogP contribution is 2.40. The molecule has 4 nitrogen and oxygen atoms in total. The molecule has 1 aliphatic rings. The van der Waals surface area contributed by atoms with Crippen LogP contribution < -0.4 is 5.73 Å². The summed E-state index contributed by atoms with van der Waals surface area (Å²) in [5.41, 5.74) is 1.11. The maximum Gasteiger partial charge on any atom is 0.431 e. The average molecular weight is 272 g/mol. The molecule has 0 aromatic rings. The van der Waals surface area contributed by atoms with Crippen LogP contribution in [0.5, 0.6) is 0 Å². The minimum atomic E-state index is -4.94. The Kier molecular flexibility index (Phi) is 3.63. The van der Waals surface area contributed by atoms with Crippen molar-refractivity contribution in [3.05, 3.63) is 11.3 Å². The molecule has 0 heterocycles. The minimum Gasteiger partial charge on any atom is -0.480 e. The zero-order valence-electron chi connectivity index (χ0n) is 8.89. The van der Waals surface area contributed by atoms with Gasteiger partial charge in [-0.05, 0) is 6.42 Å². The number of nitrogens with zero attached hydrogens (tertiary/aromatic N) is 1. The zero-order valence-corrected chi connectivity index (χ0v) is 8.89. The number of carboxylic acids is 1. The first-order valence-electron chi connectivity index (χ1n) is 4.76. The Bertz CT molecular complexity index is 425. The second-order valence-electron chi connectivity index (χ2n) is 3.65. The summed E-state index contributed by atoms with van der Waals surface area (Å²) < 4.78 is 63.5. The number of hydrogen-bond donors (Lipinski definition) is 2. The molecule has 0 bridgehead atoms. The van der Waals surface area contributed by atoms with E-state index in [1.165, 1.54) is 0 Å². The predicted octanol–water partition coefficient (Wildman–Crippen LogP) is 1.72. The normalized spacial score (nSPS) is 24.4. The number of allylic oxidation sites excluding steroid dienone is 2. The van der Waals surface area contributed by atoms with Gasteiger partial charge in [0.2, 0.25) is 0 Å². The topological polar surface area (TPSA) is 75.7 Å². The molecular weight excluding hydrogens is 263 g/mol. The zero-order chi connectivity index (χ0) is 14.1. The molecule has 0 saturated heterocycles. The lowest BCUT2D eigenvalue weighted by Gasteiger charge is -2.13. The van der Waals surface area contributed by atoms with E-state index >= 15 is 0 Å². The molecule has 1 rings (SSSR count). The van der Waals surface area contributed by atoms with E-state index in [4.69, 9.17) is 10.8 Å². The Balaban J connectivity index is 3.22. The van der Waals surface area contributed by atoms with Crippen LogP contribution in [0.15, 0.2) is 16.3 Å². The van der Waals surface area contributed by atoms with Gasteiger partial charge in [-0.25, -0.2) is 0 Å². The van der Waals surface area contributed by atoms with E-state index < -0.39 is 54.4 Å². The standard InChI is InChI=1S/C9H9F5N2O2/c10-8(11)2-1-4(6(15)9(12,13)14)7(8)16-3-5(17)18/h1-3,15H2,(H,17,18). The van der Waals surface area contributed by atoms with Crippen molar-refractivity contribution in [3.8, 4) is 0 Å². The number of carbonyl (C=O) groups is 1. The van der Waals surface area contributed by atoms with Crippen molar-refractivity contribution in [3.63, 3.8) is 0 Å². The van der Waals surface area contributed by atoms with E-state index in [9.17, 15) is 26.7 Å². The van der Waals surface area contributed by atoms with Crippen molar-refractivity contribution in [1.29, 1.82) is 0 Å². The molecule has 0 atom stereocenters. The smallest absolute Gasteiger partial charge is 0.431 e. The largest absolute Gasteiger partial charge is 0.480 e. The van der Waals surface area contributed by atoms with Gasteiger partial charge in [0.1, 0.15) is 18.0 Å². The Hall–Kier alpha value is -1.67. The summed E-state index contributed by atoms with van der Waals surface area (Å²) in [6.45, 7) is -1.03. The van der Waals surface area contributed by atoms with Crippen LogP contribution in [0.25, 0.3) is 0 Å². The van der Waals surface area contributed by atoms with Crippen LogP contribution >= 0.6 is 0 Å². The van der Waals surface area contributed by atoms with Gasteiger partial charge in [0.15, 0.2) is 0 Å². The summed E-state index contributed by atoms with van der Waals surface area (Å²) in [6.07, 6.45) is -6.39. The van der Waals surface area contributed by atoms with Crippen LogP contribution in [0.3, 0.4) is 0 Å². The molecule has 0 aliphatic heterocycles. The molecule has 18 heavy (non-hydrogen) atoms. The Labute approximate surface area is 98.0 Å². The summed E-state index contributed by atoms with van der Waals surface area (Å²) in [7, 11) is 0. The molecule has 1 aliphatic carbocycles. The van der Waals surface area contributed by atoms with Crippen molar-refractivity contribution in [1.82, 2.24) is 0 Å². The highest BCUT2D eigenvalue weighted by atomic mass is 19.4. The molecule has 0 aromatic carbocycles. The molecule has 9 heteroatoms. The van der Waals surface area contributed by atoms with Gasteiger partial charge in [-0.3, -0.25) is 9.79 Å². The highest BCUT2D eigenvalue weighted by molar-refractivity contribution is 6.08. The Morgan fingerprint density at radius 2 is 2.00 bits per heavy atom. The number of hydrogen-bond acceptors (Lipinski definition) is 3. The van der Waals surface area contributed by atoms with E-state index in [0.29, 0.717) is 0 Å². The molecule has 0 aromatic heterocycles. The lowest BCUT2D eigenvalue weighted by Crippen LogP contribution is -2.28. The molecule has 102 valence electrons. The van der Waals surface area contributed by atoms with Crippen LogP contribution in [0, 0.1) is 0 Å². The molecule has 3 N–H and O–H groups in total. The fourth-order valence-corrected chi connectivity index (χ4v) is 1.53. The first kappa shape index (κ1) is 14.4. The minimum absolute atomic E-state index is 0.587. The number of carboxylic acid groups (broad SMARTS) is 1. The van der Waals surface area contributed by atoms with Crippen LogP contribution in [0.2, 0.25) is 0 Å². The Morgan fingerprint density at radius 3 is 2.44 bits per heavy atom. The number of alkyl halides is 5. The SMILES string of the molecule is NC(=C1CCC(F)(F)C1=NCC(=O)O)C(F)(F)F. The number of rotatable bonds is 2. The van der Waals surface area contributed by atoms with Gasteiger partial charge >= 0.3 is 12.1 Å². The molecule has 0 spiro atoms. The quantitative estimate of drug-likeness (QED) is 0.751. The van der Waals surface area contributed by atoms with Gasteiger partial charge in [0, 0.05) is 12.0 Å². The molecule has 1 fully saturated rings. The molecular formula is C9H9F5N2O2. The summed E-state index contributed by atoms with van der Waals surface area (Å²) in [5.74, 6) is -5.10. The summed E-state index contributed by atoms with van der Waals surface area (Å²) in [6, 6.07) is 0. The monoisotopic (exact) mass is 272 g/mol. The van der Waals surface area contributed by atoms with E-state index in [1.807, 2.05) is 0 Å². The van der Waals surface area contributed by atoms with E-state index in [2.05, 4.69) is 4.99 Å². The van der Waals surface area contributed by atoms with Crippen molar-refractivity contribution in [2.24, 2.45) is 10.7 Å². The first-order valence-corrected chi connectivity index (χ1v) is 4.76. The van der Waals surface area contributed by atoms with Crippen molar-refractivity contribution in [2.45, 2.75) is 24.9 Å². The maximum absolute atomic E-state index is 13.3. The van der Waals surface area contributed by atoms with Crippen LogP contribution in [-0.2, 0) is 4.79 Å². The average Bonchev–Trinajstić information content (AvgIpc) is 2.48. The van der Waals surface area contributed by atoms with Gasteiger partial charge in [0.25, 0.3) is 5.92 Å². The highest BCUT2D eigenvalue weighted by Gasteiger charge is 2.48. The van der Waals surface area contributed by atoms with E-state index in [1.54, 1.807) is 0 Å². The van der Waals surface area contributed by atoms with Crippen LogP contribution in [0.1, 0.15) is 12.8 Å². The molecule has 0 amide bonds. The van der Waals surface area contributed by atoms with E-state index in [-0.39, 0.29) is 0 Å². The summed E-state index contributed by atoms with van der Waals surface area (Å²) in [4.78, 5) is 13.2. The lowest BCUT2D eigenvalue weighted by atomic mass is 10.1. The van der Waals surface area contributed by atoms with Gasteiger partial charge in [-0.2, -0.15) is 22.0 Å². The van der Waals surface area contributed by atoms with Gasteiger partial charge in [0.05, 0.1) is 0 Å². The predicted molar refractivity (Wildman–Crippen MR) is 51.4 cm³/mol. The second kappa shape index (κ2) is 4.54. The third kappa shape index (κ3) is 2.96. The maximum atomic E-state index is 13.3. The molecule has 0 radical (unpaired) electrons. The summed E-state index contributed by atoms with van der Waals surface area (Å²) >= 11 is 0. The van der Waals surface area contributed by atoms with Crippen molar-refractivity contribution in [2.75, 3.05) is 6.54 Å². The number of aliphatic imine (C=N–C) groups is 1.